The van der Waals surface area contributed by atoms with Crippen LogP contribution in [0.15, 0.2) is 0 Å². The van der Waals surface area contributed by atoms with Crippen LogP contribution < -0.4 is 0 Å². The predicted molar refractivity (Wildman–Crippen MR) is 59.4 cm³/mol. The smallest absolute Gasteiger partial charge is 0.316 e. The molecule has 0 saturated carbocycles. The van der Waals surface area contributed by atoms with Crippen molar-refractivity contribution in [1.82, 2.24) is 0 Å². The van der Waals surface area contributed by atoms with Gasteiger partial charge in [0.2, 0.25) is 0 Å². The standard InChI is InChI=1S/C12H22O3/c1-6-7-9(4)10(12(14)15-5)11(13)8(2)3/h8-10H,6-7H2,1-5H3. The van der Waals surface area contributed by atoms with Crippen molar-refractivity contribution in [3.63, 3.8) is 0 Å². The van der Waals surface area contributed by atoms with Gasteiger partial charge in [0.25, 0.3) is 0 Å². The van der Waals surface area contributed by atoms with E-state index < -0.39 is 11.9 Å². The molecular formula is C12H22O3. The normalized spacial score (nSPS) is 14.8. The molecule has 0 bridgehead atoms. The van der Waals surface area contributed by atoms with Crippen molar-refractivity contribution in [1.29, 1.82) is 0 Å². The number of rotatable bonds is 6. The second-order valence-electron chi connectivity index (χ2n) is 4.32. The average molecular weight is 214 g/mol. The summed E-state index contributed by atoms with van der Waals surface area (Å²) in [4.78, 5) is 23.4. The highest BCUT2D eigenvalue weighted by molar-refractivity contribution is 6.00. The van der Waals surface area contributed by atoms with Crippen molar-refractivity contribution in [2.45, 2.75) is 40.5 Å². The molecule has 88 valence electrons. The van der Waals surface area contributed by atoms with Crippen molar-refractivity contribution in [2.24, 2.45) is 17.8 Å². The summed E-state index contributed by atoms with van der Waals surface area (Å²) in [6.07, 6.45) is 1.85. The number of Topliss-reactive ketones (excluding diaryl/α,β-unsaturated/α-hetero) is 1. The van der Waals surface area contributed by atoms with Gasteiger partial charge in [-0.1, -0.05) is 34.1 Å². The third-order valence-corrected chi connectivity index (χ3v) is 2.64. The van der Waals surface area contributed by atoms with Crippen LogP contribution in [0.4, 0.5) is 0 Å². The minimum Gasteiger partial charge on any atom is -0.468 e. The van der Waals surface area contributed by atoms with Gasteiger partial charge in [-0.3, -0.25) is 9.59 Å². The highest BCUT2D eigenvalue weighted by atomic mass is 16.5. The Morgan fingerprint density at radius 2 is 1.73 bits per heavy atom. The van der Waals surface area contributed by atoms with Gasteiger partial charge in [-0.2, -0.15) is 0 Å². The van der Waals surface area contributed by atoms with Crippen LogP contribution in [-0.2, 0) is 14.3 Å². The Labute approximate surface area is 92.2 Å². The summed E-state index contributed by atoms with van der Waals surface area (Å²) in [6, 6.07) is 0. The predicted octanol–water partition coefficient (Wildman–Crippen LogP) is 2.44. The molecule has 0 aromatic rings. The van der Waals surface area contributed by atoms with Gasteiger partial charge in [0.1, 0.15) is 11.7 Å². The van der Waals surface area contributed by atoms with Crippen LogP contribution in [0.1, 0.15) is 40.5 Å². The maximum absolute atomic E-state index is 11.9. The molecule has 15 heavy (non-hydrogen) atoms. The van der Waals surface area contributed by atoms with E-state index in [1.54, 1.807) is 0 Å². The van der Waals surface area contributed by atoms with E-state index in [-0.39, 0.29) is 17.6 Å². The van der Waals surface area contributed by atoms with Crippen molar-refractivity contribution in [2.75, 3.05) is 7.11 Å². The van der Waals surface area contributed by atoms with Gasteiger partial charge < -0.3 is 4.74 Å². The summed E-state index contributed by atoms with van der Waals surface area (Å²) in [7, 11) is 1.33. The van der Waals surface area contributed by atoms with Crippen LogP contribution in [0.3, 0.4) is 0 Å². The van der Waals surface area contributed by atoms with Gasteiger partial charge in [-0.15, -0.1) is 0 Å². The summed E-state index contributed by atoms with van der Waals surface area (Å²) in [5.41, 5.74) is 0. The second-order valence-corrected chi connectivity index (χ2v) is 4.32. The van der Waals surface area contributed by atoms with Crippen molar-refractivity contribution in [3.05, 3.63) is 0 Å². The molecule has 2 unspecified atom stereocenters. The Morgan fingerprint density at radius 3 is 2.07 bits per heavy atom. The highest BCUT2D eigenvalue weighted by Gasteiger charge is 2.33. The third kappa shape index (κ3) is 4.02. The van der Waals surface area contributed by atoms with Crippen LogP contribution in [0.5, 0.6) is 0 Å². The Morgan fingerprint density at radius 1 is 1.20 bits per heavy atom. The molecule has 0 spiro atoms. The molecular weight excluding hydrogens is 192 g/mol. The first-order chi connectivity index (χ1) is 6.95. The molecule has 0 aliphatic heterocycles. The average Bonchev–Trinajstić information content (AvgIpc) is 2.17. The van der Waals surface area contributed by atoms with Gasteiger partial charge >= 0.3 is 5.97 Å². The van der Waals surface area contributed by atoms with Gasteiger partial charge in [0.15, 0.2) is 0 Å². The largest absolute Gasteiger partial charge is 0.468 e. The summed E-state index contributed by atoms with van der Waals surface area (Å²) in [6.45, 7) is 7.62. The van der Waals surface area contributed by atoms with Gasteiger partial charge in [0.05, 0.1) is 7.11 Å². The van der Waals surface area contributed by atoms with Crippen molar-refractivity contribution >= 4 is 11.8 Å². The zero-order valence-corrected chi connectivity index (χ0v) is 10.4. The zero-order valence-electron chi connectivity index (χ0n) is 10.4. The number of methoxy groups -OCH3 is 1. The van der Waals surface area contributed by atoms with Crippen LogP contribution in [0.2, 0.25) is 0 Å². The maximum atomic E-state index is 11.9. The maximum Gasteiger partial charge on any atom is 0.316 e. The number of carbonyl (C=O) groups excluding carboxylic acids is 2. The molecule has 0 aromatic carbocycles. The number of hydrogen-bond donors (Lipinski definition) is 0. The molecule has 0 aliphatic carbocycles. The van der Waals surface area contributed by atoms with Crippen molar-refractivity contribution in [3.8, 4) is 0 Å². The summed E-state index contributed by atoms with van der Waals surface area (Å²) in [5.74, 6) is -1.04. The lowest BCUT2D eigenvalue weighted by molar-refractivity contribution is -0.152. The van der Waals surface area contributed by atoms with Crippen LogP contribution in [0.25, 0.3) is 0 Å². The first-order valence-corrected chi connectivity index (χ1v) is 5.57. The van der Waals surface area contributed by atoms with E-state index in [0.29, 0.717) is 0 Å². The zero-order chi connectivity index (χ0) is 12.0. The number of esters is 1. The van der Waals surface area contributed by atoms with E-state index in [4.69, 9.17) is 4.74 Å². The lowest BCUT2D eigenvalue weighted by Crippen LogP contribution is -2.33. The van der Waals surface area contributed by atoms with Crippen molar-refractivity contribution < 1.29 is 14.3 Å². The fourth-order valence-electron chi connectivity index (χ4n) is 1.74. The SMILES string of the molecule is CCCC(C)C(C(=O)OC)C(=O)C(C)C. The fraction of sp³-hybridized carbons (Fsp3) is 0.833. The monoisotopic (exact) mass is 214 g/mol. The molecule has 0 aromatic heterocycles. The van der Waals surface area contributed by atoms with Gasteiger partial charge in [-0.05, 0) is 12.3 Å². The van der Waals surface area contributed by atoms with Crippen LogP contribution in [0, 0.1) is 17.8 Å². The molecule has 0 rings (SSSR count). The number of ketones is 1. The minimum atomic E-state index is -0.588. The lowest BCUT2D eigenvalue weighted by atomic mass is 9.83. The minimum absolute atomic E-state index is 0.0113. The topological polar surface area (TPSA) is 43.4 Å². The third-order valence-electron chi connectivity index (χ3n) is 2.64. The first-order valence-electron chi connectivity index (χ1n) is 5.57. The molecule has 0 amide bonds. The fourth-order valence-corrected chi connectivity index (χ4v) is 1.74. The Kier molecular flexibility index (Phi) is 6.21. The van der Waals surface area contributed by atoms with E-state index in [2.05, 4.69) is 0 Å². The molecule has 0 N–H and O–H groups in total. The Balaban J connectivity index is 4.72. The molecule has 2 atom stereocenters. The highest BCUT2D eigenvalue weighted by Crippen LogP contribution is 2.22. The van der Waals surface area contributed by atoms with E-state index >= 15 is 0 Å². The molecule has 0 aliphatic rings. The van der Waals surface area contributed by atoms with E-state index in [0.717, 1.165) is 12.8 Å². The second kappa shape index (κ2) is 6.59. The number of ether oxygens (including phenoxy) is 1. The molecule has 0 saturated heterocycles. The van der Waals surface area contributed by atoms with E-state index in [1.807, 2.05) is 27.7 Å². The molecule has 3 nitrogen and oxygen atoms in total. The van der Waals surface area contributed by atoms with Crippen LogP contribution in [-0.4, -0.2) is 18.9 Å². The summed E-state index contributed by atoms with van der Waals surface area (Å²) < 4.78 is 4.69. The summed E-state index contributed by atoms with van der Waals surface area (Å²) >= 11 is 0. The Bertz CT molecular complexity index is 221. The molecule has 0 radical (unpaired) electrons. The Hall–Kier alpha value is -0.860. The quantitative estimate of drug-likeness (QED) is 0.504. The molecule has 0 fully saturated rings. The van der Waals surface area contributed by atoms with Crippen LogP contribution >= 0.6 is 0 Å². The molecule has 3 heteroatoms. The van der Waals surface area contributed by atoms with E-state index in [9.17, 15) is 9.59 Å². The first kappa shape index (κ1) is 14.1. The number of hydrogen-bond acceptors (Lipinski definition) is 3. The van der Waals surface area contributed by atoms with Gasteiger partial charge in [0, 0.05) is 5.92 Å². The summed E-state index contributed by atoms with van der Waals surface area (Å²) in [5, 5.41) is 0. The lowest BCUT2D eigenvalue weighted by Gasteiger charge is -2.21. The van der Waals surface area contributed by atoms with E-state index in [1.165, 1.54) is 7.11 Å². The van der Waals surface area contributed by atoms with Gasteiger partial charge in [-0.25, -0.2) is 0 Å². The molecule has 0 heterocycles. The number of carbonyl (C=O) groups is 2.